The first kappa shape index (κ1) is 14.8. The van der Waals surface area contributed by atoms with E-state index in [1.54, 1.807) is 25.4 Å². The van der Waals surface area contributed by atoms with Gasteiger partial charge in [-0.1, -0.05) is 6.92 Å². The van der Waals surface area contributed by atoms with Crippen molar-refractivity contribution in [3.05, 3.63) is 34.2 Å². The van der Waals surface area contributed by atoms with Gasteiger partial charge in [0.15, 0.2) is 0 Å². The van der Waals surface area contributed by atoms with Gasteiger partial charge in [0.2, 0.25) is 0 Å². The lowest BCUT2D eigenvalue weighted by molar-refractivity contribution is 0.0837. The minimum atomic E-state index is -0.265. The number of aryl methyl sites for hydroxylation is 1. The Morgan fingerprint density at radius 3 is 2.65 bits per heavy atom. The molecule has 2 heterocycles. The van der Waals surface area contributed by atoms with Crippen LogP contribution in [-0.2, 0) is 7.05 Å². The number of aromatic nitrogens is 1. The highest BCUT2D eigenvalue weighted by molar-refractivity contribution is 5.94. The first-order valence-corrected chi connectivity index (χ1v) is 7.16. The zero-order valence-corrected chi connectivity index (χ0v) is 12.5. The summed E-state index contributed by atoms with van der Waals surface area (Å²) < 4.78 is 1.43. The summed E-state index contributed by atoms with van der Waals surface area (Å²) in [4.78, 5) is 26.6. The SMILES string of the molecule is CCN1CCC(C)(NC(=O)c2cccn(C)c2=O)CC1. The van der Waals surface area contributed by atoms with Gasteiger partial charge in [0.05, 0.1) is 0 Å². The zero-order chi connectivity index (χ0) is 14.8. The van der Waals surface area contributed by atoms with Crippen LogP contribution < -0.4 is 10.9 Å². The Bertz CT molecular complexity index is 542. The summed E-state index contributed by atoms with van der Waals surface area (Å²) in [7, 11) is 1.65. The number of pyridine rings is 1. The molecule has 0 saturated carbocycles. The van der Waals surface area contributed by atoms with Gasteiger partial charge in [0.1, 0.15) is 5.56 Å². The molecule has 0 unspecified atom stereocenters. The molecule has 0 radical (unpaired) electrons. The summed E-state index contributed by atoms with van der Waals surface area (Å²) in [6.45, 7) is 7.23. The topological polar surface area (TPSA) is 54.3 Å². The molecule has 0 aliphatic carbocycles. The fraction of sp³-hybridized carbons (Fsp3) is 0.600. The Morgan fingerprint density at radius 1 is 1.40 bits per heavy atom. The summed E-state index contributed by atoms with van der Waals surface area (Å²) in [5.74, 6) is -0.265. The lowest BCUT2D eigenvalue weighted by Gasteiger charge is -2.39. The molecule has 1 saturated heterocycles. The monoisotopic (exact) mass is 277 g/mol. The van der Waals surface area contributed by atoms with E-state index >= 15 is 0 Å². The van der Waals surface area contributed by atoms with Crippen molar-refractivity contribution >= 4 is 5.91 Å². The van der Waals surface area contributed by atoms with Gasteiger partial charge in [-0.15, -0.1) is 0 Å². The first-order valence-electron chi connectivity index (χ1n) is 7.16. The van der Waals surface area contributed by atoms with Gasteiger partial charge in [-0.2, -0.15) is 0 Å². The van der Waals surface area contributed by atoms with Crippen molar-refractivity contribution in [2.75, 3.05) is 19.6 Å². The third kappa shape index (κ3) is 3.10. The predicted octanol–water partition coefficient (Wildman–Crippen LogP) is 0.990. The van der Waals surface area contributed by atoms with Gasteiger partial charge < -0.3 is 14.8 Å². The second-order valence-corrected chi connectivity index (χ2v) is 5.79. The maximum atomic E-state index is 12.3. The van der Waals surface area contributed by atoms with Gasteiger partial charge in [-0.05, 0) is 38.4 Å². The fourth-order valence-corrected chi connectivity index (χ4v) is 2.60. The lowest BCUT2D eigenvalue weighted by Crippen LogP contribution is -2.54. The Balaban J connectivity index is 2.08. The summed E-state index contributed by atoms with van der Waals surface area (Å²) in [5.41, 5.74) is -0.252. The molecule has 1 aliphatic rings. The van der Waals surface area contributed by atoms with E-state index in [1.165, 1.54) is 4.57 Å². The molecule has 0 spiro atoms. The van der Waals surface area contributed by atoms with E-state index < -0.39 is 0 Å². The Hall–Kier alpha value is -1.62. The molecular weight excluding hydrogens is 254 g/mol. The van der Waals surface area contributed by atoms with Crippen LogP contribution in [0, 0.1) is 0 Å². The second kappa shape index (κ2) is 5.79. The van der Waals surface area contributed by atoms with Gasteiger partial charge in [0, 0.05) is 31.9 Å². The van der Waals surface area contributed by atoms with E-state index in [4.69, 9.17) is 0 Å². The summed E-state index contributed by atoms with van der Waals surface area (Å²) >= 11 is 0. The van der Waals surface area contributed by atoms with Crippen molar-refractivity contribution in [1.82, 2.24) is 14.8 Å². The number of hydrogen-bond donors (Lipinski definition) is 1. The van der Waals surface area contributed by atoms with Crippen LogP contribution in [0.15, 0.2) is 23.1 Å². The van der Waals surface area contributed by atoms with Crippen LogP contribution in [0.3, 0.4) is 0 Å². The quantitative estimate of drug-likeness (QED) is 0.896. The number of nitrogens with one attached hydrogen (secondary N) is 1. The second-order valence-electron chi connectivity index (χ2n) is 5.79. The maximum absolute atomic E-state index is 12.3. The molecule has 5 nitrogen and oxygen atoms in total. The molecule has 2 rings (SSSR count). The standard InChI is InChI=1S/C15H23N3O2/c1-4-18-10-7-15(2,8-11-18)16-13(19)12-6-5-9-17(3)14(12)20/h5-6,9H,4,7-8,10-11H2,1-3H3,(H,16,19). The highest BCUT2D eigenvalue weighted by Gasteiger charge is 2.31. The predicted molar refractivity (Wildman–Crippen MR) is 78.9 cm³/mol. The highest BCUT2D eigenvalue weighted by Crippen LogP contribution is 2.21. The number of carbonyl (C=O) groups is 1. The smallest absolute Gasteiger partial charge is 0.263 e. The van der Waals surface area contributed by atoms with Crippen LogP contribution in [-0.4, -0.2) is 40.5 Å². The molecular formula is C15H23N3O2. The Morgan fingerprint density at radius 2 is 2.05 bits per heavy atom. The van der Waals surface area contributed by atoms with Crippen molar-refractivity contribution in [1.29, 1.82) is 0 Å². The van der Waals surface area contributed by atoms with Crippen molar-refractivity contribution in [2.24, 2.45) is 7.05 Å². The number of piperidine rings is 1. The number of amides is 1. The number of rotatable bonds is 3. The zero-order valence-electron chi connectivity index (χ0n) is 12.5. The van der Waals surface area contributed by atoms with Gasteiger partial charge >= 0.3 is 0 Å². The molecule has 0 atom stereocenters. The maximum Gasteiger partial charge on any atom is 0.263 e. The van der Waals surface area contributed by atoms with E-state index in [0.29, 0.717) is 0 Å². The Kier molecular flexibility index (Phi) is 4.28. The largest absolute Gasteiger partial charge is 0.347 e. The number of nitrogens with zero attached hydrogens (tertiary/aromatic N) is 2. The molecule has 1 aromatic heterocycles. The van der Waals surface area contributed by atoms with E-state index in [0.717, 1.165) is 32.5 Å². The molecule has 1 fully saturated rings. The van der Waals surface area contributed by atoms with Crippen molar-refractivity contribution in [2.45, 2.75) is 32.2 Å². The Labute approximate surface area is 119 Å². The molecule has 110 valence electrons. The average molecular weight is 277 g/mol. The molecule has 0 bridgehead atoms. The normalized spacial score (nSPS) is 18.8. The molecule has 1 aliphatic heterocycles. The van der Waals surface area contributed by atoms with Gasteiger partial charge in [-0.3, -0.25) is 9.59 Å². The third-order valence-corrected chi connectivity index (χ3v) is 4.19. The van der Waals surface area contributed by atoms with Crippen molar-refractivity contribution in [3.8, 4) is 0 Å². The van der Waals surface area contributed by atoms with E-state index in [2.05, 4.69) is 24.1 Å². The van der Waals surface area contributed by atoms with E-state index in [-0.39, 0.29) is 22.6 Å². The number of likely N-dealkylation sites (tertiary alicyclic amines) is 1. The summed E-state index contributed by atoms with van der Waals surface area (Å²) in [6.07, 6.45) is 3.49. The third-order valence-electron chi connectivity index (χ3n) is 4.19. The minimum Gasteiger partial charge on any atom is -0.347 e. The lowest BCUT2D eigenvalue weighted by atomic mass is 9.89. The van der Waals surface area contributed by atoms with Crippen molar-refractivity contribution < 1.29 is 4.79 Å². The molecule has 5 heteroatoms. The highest BCUT2D eigenvalue weighted by atomic mass is 16.2. The molecule has 1 aromatic rings. The minimum absolute atomic E-state index is 0.217. The van der Waals surface area contributed by atoms with Crippen molar-refractivity contribution in [3.63, 3.8) is 0 Å². The van der Waals surface area contributed by atoms with Gasteiger partial charge in [-0.25, -0.2) is 0 Å². The van der Waals surface area contributed by atoms with E-state index in [9.17, 15) is 9.59 Å². The summed E-state index contributed by atoms with van der Waals surface area (Å²) in [6, 6.07) is 3.31. The fourth-order valence-electron chi connectivity index (χ4n) is 2.60. The first-order chi connectivity index (χ1) is 9.45. The van der Waals surface area contributed by atoms with Crippen LogP contribution >= 0.6 is 0 Å². The van der Waals surface area contributed by atoms with Crippen LogP contribution in [0.1, 0.15) is 37.0 Å². The van der Waals surface area contributed by atoms with Crippen LogP contribution in [0.2, 0.25) is 0 Å². The van der Waals surface area contributed by atoms with Crippen LogP contribution in [0.25, 0.3) is 0 Å². The number of hydrogen-bond acceptors (Lipinski definition) is 3. The van der Waals surface area contributed by atoms with Crippen LogP contribution in [0.4, 0.5) is 0 Å². The van der Waals surface area contributed by atoms with E-state index in [1.807, 2.05) is 0 Å². The van der Waals surface area contributed by atoms with Gasteiger partial charge in [0.25, 0.3) is 11.5 Å². The average Bonchev–Trinajstić information content (AvgIpc) is 2.42. The number of carbonyl (C=O) groups excluding carboxylic acids is 1. The molecule has 1 amide bonds. The summed E-state index contributed by atoms with van der Waals surface area (Å²) in [5, 5.41) is 3.05. The van der Waals surface area contributed by atoms with Crippen LogP contribution in [0.5, 0.6) is 0 Å². The molecule has 0 aromatic carbocycles. The molecule has 1 N–H and O–H groups in total. The molecule has 20 heavy (non-hydrogen) atoms.